The van der Waals surface area contributed by atoms with Gasteiger partial charge in [0.15, 0.2) is 0 Å². The van der Waals surface area contributed by atoms with Crippen LogP contribution in [0.2, 0.25) is 0 Å². The second-order valence-corrected chi connectivity index (χ2v) is 3.01. The summed E-state index contributed by atoms with van der Waals surface area (Å²) in [5, 5.41) is 19.2. The molecule has 1 N–H and O–H groups in total. The first kappa shape index (κ1) is 13.1. The average molecular weight is 262 g/mol. The molecule has 0 bridgehead atoms. The highest BCUT2D eigenvalue weighted by Gasteiger charge is 2.14. The van der Waals surface area contributed by atoms with Gasteiger partial charge in [0.25, 0.3) is 5.69 Å². The summed E-state index contributed by atoms with van der Waals surface area (Å²) in [5.41, 5.74) is 0.245. The molecule has 5 heteroatoms. The summed E-state index contributed by atoms with van der Waals surface area (Å²) in [6.07, 6.45) is 0. The van der Waals surface area contributed by atoms with Crippen LogP contribution in [-0.2, 0) is 6.61 Å². The van der Waals surface area contributed by atoms with Gasteiger partial charge in [-0.2, -0.15) is 0 Å². The van der Waals surface area contributed by atoms with E-state index in [9.17, 15) is 10.1 Å². The lowest BCUT2D eigenvalue weighted by Crippen LogP contribution is -1.95. The number of hydrogen-bond acceptors (Lipinski definition) is 3. The second-order valence-electron chi connectivity index (χ2n) is 2.15. The van der Waals surface area contributed by atoms with E-state index in [1.54, 1.807) is 12.1 Å². The van der Waals surface area contributed by atoms with Gasteiger partial charge < -0.3 is 5.11 Å². The van der Waals surface area contributed by atoms with Crippen molar-refractivity contribution in [3.63, 3.8) is 0 Å². The molecule has 0 saturated heterocycles. The monoisotopic (exact) mass is 261 g/mol. The smallest absolute Gasteiger partial charge is 0.276 e. The zero-order chi connectivity index (χ0) is 11.1. The van der Waals surface area contributed by atoms with Gasteiger partial charge in [0.05, 0.1) is 17.1 Å². The summed E-state index contributed by atoms with van der Waals surface area (Å²) >= 11 is 3.11. The van der Waals surface area contributed by atoms with Crippen LogP contribution in [0.15, 0.2) is 22.7 Å². The van der Waals surface area contributed by atoms with Gasteiger partial charge in [-0.05, 0) is 6.07 Å². The fraction of sp³-hybridized carbons (Fsp3) is 0.333. The van der Waals surface area contributed by atoms with E-state index < -0.39 is 4.92 Å². The third-order valence-electron chi connectivity index (χ3n) is 1.45. The van der Waals surface area contributed by atoms with Crippen LogP contribution in [0.5, 0.6) is 0 Å². The Labute approximate surface area is 90.8 Å². The SMILES string of the molecule is CC.O=[N+]([O-])c1cccc(Br)c1CO. The summed E-state index contributed by atoms with van der Waals surface area (Å²) in [6.45, 7) is 3.66. The Bertz CT molecular complexity index is 315. The average Bonchev–Trinajstić information content (AvgIpc) is 2.20. The number of nitrogens with zero attached hydrogens (tertiary/aromatic N) is 1. The minimum atomic E-state index is -0.518. The largest absolute Gasteiger partial charge is 0.391 e. The number of benzene rings is 1. The maximum absolute atomic E-state index is 10.4. The van der Waals surface area contributed by atoms with E-state index in [4.69, 9.17) is 5.11 Å². The highest BCUT2D eigenvalue weighted by Crippen LogP contribution is 2.25. The summed E-state index contributed by atoms with van der Waals surface area (Å²) in [5.74, 6) is 0. The zero-order valence-corrected chi connectivity index (χ0v) is 9.61. The molecular formula is C9H12BrNO3. The number of aliphatic hydroxyl groups is 1. The van der Waals surface area contributed by atoms with Crippen molar-refractivity contribution in [1.82, 2.24) is 0 Å². The number of halogens is 1. The van der Waals surface area contributed by atoms with Crippen molar-refractivity contribution in [2.45, 2.75) is 20.5 Å². The van der Waals surface area contributed by atoms with E-state index >= 15 is 0 Å². The molecule has 0 amide bonds. The Hall–Kier alpha value is -0.940. The van der Waals surface area contributed by atoms with Crippen LogP contribution in [0.3, 0.4) is 0 Å². The molecule has 0 fully saturated rings. The Balaban J connectivity index is 0.000000791. The van der Waals surface area contributed by atoms with Crippen LogP contribution < -0.4 is 0 Å². The first-order chi connectivity index (χ1) is 6.66. The molecular weight excluding hydrogens is 250 g/mol. The van der Waals surface area contributed by atoms with Crippen molar-refractivity contribution in [3.05, 3.63) is 38.3 Å². The van der Waals surface area contributed by atoms with E-state index in [0.29, 0.717) is 10.0 Å². The Morgan fingerprint density at radius 2 is 2.07 bits per heavy atom. The van der Waals surface area contributed by atoms with Crippen LogP contribution in [0.25, 0.3) is 0 Å². The standard InChI is InChI=1S/C7H6BrNO3.C2H6/c8-6-2-1-3-7(9(11)12)5(6)4-10;1-2/h1-3,10H,4H2;1-2H3. The first-order valence-corrected chi connectivity index (χ1v) is 4.98. The van der Waals surface area contributed by atoms with Gasteiger partial charge in [-0.1, -0.05) is 35.8 Å². The Morgan fingerprint density at radius 3 is 2.43 bits per heavy atom. The molecule has 0 saturated carbocycles. The van der Waals surface area contributed by atoms with Gasteiger partial charge in [-0.25, -0.2) is 0 Å². The number of nitro groups is 1. The Kier molecular flexibility index (Phi) is 6.07. The van der Waals surface area contributed by atoms with E-state index in [1.165, 1.54) is 6.07 Å². The van der Waals surface area contributed by atoms with Crippen molar-refractivity contribution in [3.8, 4) is 0 Å². The zero-order valence-electron chi connectivity index (χ0n) is 8.03. The molecule has 78 valence electrons. The van der Waals surface area contributed by atoms with E-state index in [1.807, 2.05) is 13.8 Å². The van der Waals surface area contributed by atoms with Crippen molar-refractivity contribution in [2.24, 2.45) is 0 Å². The van der Waals surface area contributed by atoms with Gasteiger partial charge in [-0.15, -0.1) is 0 Å². The van der Waals surface area contributed by atoms with Gasteiger partial charge in [0.1, 0.15) is 0 Å². The fourth-order valence-electron chi connectivity index (χ4n) is 0.875. The van der Waals surface area contributed by atoms with E-state index in [2.05, 4.69) is 15.9 Å². The molecule has 1 rings (SSSR count). The highest BCUT2D eigenvalue weighted by atomic mass is 79.9. The molecule has 0 radical (unpaired) electrons. The van der Waals surface area contributed by atoms with Gasteiger partial charge in [0, 0.05) is 10.5 Å². The number of rotatable bonds is 2. The quantitative estimate of drug-likeness (QED) is 0.658. The lowest BCUT2D eigenvalue weighted by atomic mass is 10.2. The molecule has 0 atom stereocenters. The summed E-state index contributed by atoms with van der Waals surface area (Å²) in [6, 6.07) is 4.57. The van der Waals surface area contributed by atoms with Crippen molar-refractivity contribution in [2.75, 3.05) is 0 Å². The molecule has 0 aromatic heterocycles. The van der Waals surface area contributed by atoms with Crippen LogP contribution in [0.4, 0.5) is 5.69 Å². The maximum Gasteiger partial charge on any atom is 0.276 e. The van der Waals surface area contributed by atoms with Crippen LogP contribution in [0.1, 0.15) is 19.4 Å². The molecule has 0 aliphatic carbocycles. The highest BCUT2D eigenvalue weighted by molar-refractivity contribution is 9.10. The third kappa shape index (κ3) is 3.08. The molecule has 0 aliphatic heterocycles. The second kappa shape index (κ2) is 6.50. The number of aliphatic hydroxyl groups excluding tert-OH is 1. The summed E-state index contributed by atoms with van der Waals surface area (Å²) in [7, 11) is 0. The maximum atomic E-state index is 10.4. The van der Waals surface area contributed by atoms with Gasteiger partial charge in [-0.3, -0.25) is 10.1 Å². The summed E-state index contributed by atoms with van der Waals surface area (Å²) in [4.78, 5) is 9.89. The predicted molar refractivity (Wildman–Crippen MR) is 58.1 cm³/mol. The minimum absolute atomic E-state index is 0.0631. The lowest BCUT2D eigenvalue weighted by Gasteiger charge is -2.00. The topological polar surface area (TPSA) is 63.4 Å². The fourth-order valence-corrected chi connectivity index (χ4v) is 1.36. The number of nitro benzene ring substituents is 1. The molecule has 0 spiro atoms. The molecule has 0 aliphatic rings. The van der Waals surface area contributed by atoms with Crippen LogP contribution in [-0.4, -0.2) is 10.0 Å². The molecule has 1 aromatic rings. The molecule has 1 aromatic carbocycles. The van der Waals surface area contributed by atoms with Crippen molar-refractivity contribution >= 4 is 21.6 Å². The third-order valence-corrected chi connectivity index (χ3v) is 2.19. The Morgan fingerprint density at radius 1 is 1.50 bits per heavy atom. The predicted octanol–water partition coefficient (Wildman–Crippen LogP) is 2.88. The minimum Gasteiger partial charge on any atom is -0.391 e. The van der Waals surface area contributed by atoms with Crippen LogP contribution in [0, 0.1) is 10.1 Å². The molecule has 4 nitrogen and oxygen atoms in total. The van der Waals surface area contributed by atoms with Crippen molar-refractivity contribution < 1.29 is 10.0 Å². The first-order valence-electron chi connectivity index (χ1n) is 4.19. The lowest BCUT2D eigenvalue weighted by molar-refractivity contribution is -0.385. The van der Waals surface area contributed by atoms with E-state index in [-0.39, 0.29) is 12.3 Å². The summed E-state index contributed by atoms with van der Waals surface area (Å²) < 4.78 is 0.555. The van der Waals surface area contributed by atoms with E-state index in [0.717, 1.165) is 0 Å². The van der Waals surface area contributed by atoms with Gasteiger partial charge >= 0.3 is 0 Å². The molecule has 0 heterocycles. The normalized spacial score (nSPS) is 8.86. The van der Waals surface area contributed by atoms with Crippen LogP contribution >= 0.6 is 15.9 Å². The molecule has 14 heavy (non-hydrogen) atoms. The number of hydrogen-bond donors (Lipinski definition) is 1. The molecule has 0 unspecified atom stereocenters. The van der Waals surface area contributed by atoms with Gasteiger partial charge in [0.2, 0.25) is 0 Å². The van der Waals surface area contributed by atoms with Crippen molar-refractivity contribution in [1.29, 1.82) is 0 Å².